The Labute approximate surface area is 177 Å². The molecule has 0 saturated heterocycles. The molecule has 158 valence electrons. The minimum absolute atomic E-state index is 0.00620. The van der Waals surface area contributed by atoms with Crippen LogP contribution >= 0.6 is 0 Å². The smallest absolute Gasteiger partial charge is 0.242 e. The van der Waals surface area contributed by atoms with Gasteiger partial charge in [-0.25, -0.2) is 0 Å². The van der Waals surface area contributed by atoms with Crippen molar-refractivity contribution in [3.05, 3.63) is 65.7 Å². The second kappa shape index (κ2) is 10.4. The van der Waals surface area contributed by atoms with Gasteiger partial charge in [0.05, 0.1) is 6.54 Å². The number of hydrogen-bond acceptors (Lipinski definition) is 3. The van der Waals surface area contributed by atoms with Crippen LogP contribution < -0.4 is 16.0 Å². The molecule has 3 N–H and O–H groups in total. The number of anilines is 1. The minimum Gasteiger partial charge on any atom is -0.356 e. The van der Waals surface area contributed by atoms with Gasteiger partial charge >= 0.3 is 0 Å². The van der Waals surface area contributed by atoms with Gasteiger partial charge in [0, 0.05) is 44.7 Å². The molecule has 7 heteroatoms. The third-order valence-electron chi connectivity index (χ3n) is 5.20. The number of hydrogen-bond donors (Lipinski definition) is 3. The van der Waals surface area contributed by atoms with E-state index in [1.54, 1.807) is 11.9 Å². The Bertz CT molecular complexity index is 897. The summed E-state index contributed by atoms with van der Waals surface area (Å²) in [5, 5.41) is 9.25. The van der Waals surface area contributed by atoms with Gasteiger partial charge < -0.3 is 20.9 Å². The Morgan fingerprint density at radius 2 is 1.87 bits per heavy atom. The van der Waals surface area contributed by atoms with Crippen molar-refractivity contribution in [2.75, 3.05) is 32.0 Å². The molecule has 0 aromatic heterocycles. The van der Waals surface area contributed by atoms with Crippen molar-refractivity contribution in [3.63, 3.8) is 0 Å². The summed E-state index contributed by atoms with van der Waals surface area (Å²) in [4.78, 5) is 30.6. The van der Waals surface area contributed by atoms with Crippen LogP contribution in [-0.4, -0.2) is 49.4 Å². The van der Waals surface area contributed by atoms with Crippen LogP contribution in [0.15, 0.2) is 59.6 Å². The Kier molecular flexibility index (Phi) is 7.43. The number of carbonyl (C=O) groups is 2. The Morgan fingerprint density at radius 3 is 2.60 bits per heavy atom. The third-order valence-corrected chi connectivity index (χ3v) is 5.20. The first kappa shape index (κ1) is 21.4. The van der Waals surface area contributed by atoms with Crippen molar-refractivity contribution >= 4 is 23.5 Å². The second-order valence-corrected chi connectivity index (χ2v) is 7.24. The van der Waals surface area contributed by atoms with E-state index < -0.39 is 0 Å². The fraction of sp³-hybridized carbons (Fsp3) is 0.348. The molecule has 0 spiro atoms. The first-order chi connectivity index (χ1) is 14.6. The second-order valence-electron chi connectivity index (χ2n) is 7.24. The molecule has 0 saturated carbocycles. The van der Waals surface area contributed by atoms with Crippen LogP contribution in [0.1, 0.15) is 30.4 Å². The Hall–Kier alpha value is -3.35. The van der Waals surface area contributed by atoms with E-state index in [9.17, 15) is 9.59 Å². The lowest BCUT2D eigenvalue weighted by molar-refractivity contribution is -0.130. The highest BCUT2D eigenvalue weighted by Gasteiger charge is 2.24. The molecule has 0 bridgehead atoms. The third kappa shape index (κ3) is 5.59. The molecule has 0 aliphatic carbocycles. The first-order valence-electron chi connectivity index (χ1n) is 10.3. The lowest BCUT2D eigenvalue weighted by Gasteiger charge is -2.26. The molecule has 7 nitrogen and oxygen atoms in total. The van der Waals surface area contributed by atoms with Crippen LogP contribution in [0.25, 0.3) is 0 Å². The maximum absolute atomic E-state index is 12.6. The topological polar surface area (TPSA) is 85.8 Å². The normalized spacial score (nSPS) is 15.7. The number of likely N-dealkylation sites (N-methyl/N-ethyl adjacent to an activating group) is 1. The van der Waals surface area contributed by atoms with E-state index in [-0.39, 0.29) is 24.3 Å². The average Bonchev–Trinajstić information content (AvgIpc) is 2.77. The molecule has 2 aromatic rings. The predicted octanol–water partition coefficient (Wildman–Crippen LogP) is 2.33. The molecule has 30 heavy (non-hydrogen) atoms. The SMILES string of the molecule is CCN(Cc1ccccc1)C(=O)CNC(=NC)NCC1CC(=O)Nc2ccccc21. The summed E-state index contributed by atoms with van der Waals surface area (Å²) in [6.07, 6.45) is 0.417. The van der Waals surface area contributed by atoms with Gasteiger partial charge in [0.1, 0.15) is 0 Å². The van der Waals surface area contributed by atoms with Gasteiger partial charge in [-0.3, -0.25) is 14.6 Å². The number of nitrogens with zero attached hydrogens (tertiary/aromatic N) is 2. The van der Waals surface area contributed by atoms with E-state index >= 15 is 0 Å². The summed E-state index contributed by atoms with van der Waals surface area (Å²) in [5.41, 5.74) is 3.07. The zero-order valence-corrected chi connectivity index (χ0v) is 17.5. The summed E-state index contributed by atoms with van der Waals surface area (Å²) in [6, 6.07) is 17.8. The lowest BCUT2D eigenvalue weighted by atomic mass is 9.90. The van der Waals surface area contributed by atoms with Gasteiger partial charge in [-0.2, -0.15) is 0 Å². The van der Waals surface area contributed by atoms with Crippen molar-refractivity contribution in [1.29, 1.82) is 0 Å². The van der Waals surface area contributed by atoms with Gasteiger partial charge in [-0.05, 0) is 24.1 Å². The number of aliphatic imine (C=N–C) groups is 1. The molecule has 1 heterocycles. The fourth-order valence-corrected chi connectivity index (χ4v) is 3.58. The number of nitrogens with one attached hydrogen (secondary N) is 3. The highest BCUT2D eigenvalue weighted by molar-refractivity contribution is 5.95. The van der Waals surface area contributed by atoms with Crippen LogP contribution in [0.2, 0.25) is 0 Å². The average molecular weight is 408 g/mol. The van der Waals surface area contributed by atoms with Crippen LogP contribution in [0.3, 0.4) is 0 Å². The van der Waals surface area contributed by atoms with Gasteiger partial charge in [-0.1, -0.05) is 48.5 Å². The molecule has 2 amide bonds. The number of carbonyl (C=O) groups excluding carboxylic acids is 2. The maximum atomic E-state index is 12.6. The van der Waals surface area contributed by atoms with Crippen LogP contribution in [0, 0.1) is 0 Å². The molecule has 1 unspecified atom stereocenters. The summed E-state index contributed by atoms with van der Waals surface area (Å²) >= 11 is 0. The molecule has 1 atom stereocenters. The van der Waals surface area contributed by atoms with Crippen LogP contribution in [-0.2, 0) is 16.1 Å². The molecule has 1 aliphatic rings. The monoisotopic (exact) mass is 407 g/mol. The van der Waals surface area contributed by atoms with Gasteiger partial charge in [0.15, 0.2) is 5.96 Å². The summed E-state index contributed by atoms with van der Waals surface area (Å²) < 4.78 is 0. The summed E-state index contributed by atoms with van der Waals surface area (Å²) in [5.74, 6) is 0.613. The largest absolute Gasteiger partial charge is 0.356 e. The molecular formula is C23H29N5O2. The van der Waals surface area contributed by atoms with E-state index in [2.05, 4.69) is 20.9 Å². The highest BCUT2D eigenvalue weighted by atomic mass is 16.2. The predicted molar refractivity (Wildman–Crippen MR) is 119 cm³/mol. The van der Waals surface area contributed by atoms with Crippen molar-refractivity contribution in [1.82, 2.24) is 15.5 Å². The zero-order chi connectivity index (χ0) is 21.3. The molecule has 0 fully saturated rings. The van der Waals surface area contributed by atoms with Gasteiger partial charge in [0.2, 0.25) is 11.8 Å². The molecule has 2 aromatic carbocycles. The van der Waals surface area contributed by atoms with E-state index in [1.807, 2.05) is 61.5 Å². The van der Waals surface area contributed by atoms with E-state index in [1.165, 1.54) is 0 Å². The van der Waals surface area contributed by atoms with Crippen LogP contribution in [0.5, 0.6) is 0 Å². The van der Waals surface area contributed by atoms with Crippen LogP contribution in [0.4, 0.5) is 5.69 Å². The number of para-hydroxylation sites is 1. The van der Waals surface area contributed by atoms with E-state index in [0.29, 0.717) is 32.0 Å². The van der Waals surface area contributed by atoms with Crippen molar-refractivity contribution < 1.29 is 9.59 Å². The number of rotatable bonds is 7. The molecule has 0 radical (unpaired) electrons. The molecular weight excluding hydrogens is 378 g/mol. The summed E-state index contributed by atoms with van der Waals surface area (Å²) in [6.45, 7) is 3.90. The fourth-order valence-electron chi connectivity index (χ4n) is 3.58. The first-order valence-corrected chi connectivity index (χ1v) is 10.3. The Morgan fingerprint density at radius 1 is 1.13 bits per heavy atom. The van der Waals surface area contributed by atoms with Gasteiger partial charge in [0.25, 0.3) is 0 Å². The standard InChI is InChI=1S/C23H29N5O2/c1-3-28(16-17-9-5-4-6-10-17)22(30)15-26-23(24-2)25-14-18-13-21(29)27-20-12-8-7-11-19(18)20/h4-12,18H,3,13-16H2,1-2H3,(H,27,29)(H2,24,25,26). The number of benzene rings is 2. The number of amides is 2. The molecule has 1 aliphatic heterocycles. The number of fused-ring (bicyclic) bond motifs is 1. The van der Waals surface area contributed by atoms with E-state index in [4.69, 9.17) is 0 Å². The van der Waals surface area contributed by atoms with Crippen molar-refractivity contribution in [2.24, 2.45) is 4.99 Å². The maximum Gasteiger partial charge on any atom is 0.242 e. The minimum atomic E-state index is 0.00620. The lowest BCUT2D eigenvalue weighted by Crippen LogP contribution is -2.45. The highest BCUT2D eigenvalue weighted by Crippen LogP contribution is 2.31. The Balaban J connectivity index is 1.52. The van der Waals surface area contributed by atoms with Crippen molar-refractivity contribution in [3.8, 4) is 0 Å². The summed E-state index contributed by atoms with van der Waals surface area (Å²) in [7, 11) is 1.67. The quantitative estimate of drug-likeness (QED) is 0.486. The zero-order valence-electron chi connectivity index (χ0n) is 17.5. The van der Waals surface area contributed by atoms with Gasteiger partial charge in [-0.15, -0.1) is 0 Å². The number of guanidine groups is 1. The molecule has 3 rings (SSSR count). The van der Waals surface area contributed by atoms with Crippen molar-refractivity contribution in [2.45, 2.75) is 25.8 Å². The van der Waals surface area contributed by atoms with E-state index in [0.717, 1.165) is 16.8 Å².